The first kappa shape index (κ1) is 17.5. The van der Waals surface area contributed by atoms with Crippen molar-refractivity contribution in [3.8, 4) is 11.5 Å². The Morgan fingerprint density at radius 2 is 2.04 bits per heavy atom. The van der Waals surface area contributed by atoms with Crippen LogP contribution in [0.1, 0.15) is 11.4 Å². The molecule has 6 heteroatoms. The van der Waals surface area contributed by atoms with Gasteiger partial charge in [0.1, 0.15) is 17.3 Å². The fourth-order valence-corrected chi connectivity index (χ4v) is 2.61. The third-order valence-corrected chi connectivity index (χ3v) is 3.95. The lowest BCUT2D eigenvalue weighted by atomic mass is 10.1. The average molecular weight is 351 g/mol. The Bertz CT molecular complexity index is 898. The first-order valence-corrected chi connectivity index (χ1v) is 8.31. The van der Waals surface area contributed by atoms with E-state index in [4.69, 9.17) is 9.47 Å². The van der Waals surface area contributed by atoms with E-state index in [-0.39, 0.29) is 5.91 Å². The maximum absolute atomic E-state index is 12.0. The topological polar surface area (TPSA) is 76.2 Å². The van der Waals surface area contributed by atoms with Crippen molar-refractivity contribution in [2.24, 2.45) is 0 Å². The van der Waals surface area contributed by atoms with Gasteiger partial charge >= 0.3 is 0 Å². The molecule has 0 aliphatic rings. The van der Waals surface area contributed by atoms with Gasteiger partial charge < -0.3 is 19.8 Å². The van der Waals surface area contributed by atoms with Gasteiger partial charge in [-0.25, -0.2) is 4.98 Å². The molecule has 0 saturated carbocycles. The first-order valence-electron chi connectivity index (χ1n) is 8.31. The van der Waals surface area contributed by atoms with E-state index in [2.05, 4.69) is 15.3 Å². The van der Waals surface area contributed by atoms with E-state index in [0.29, 0.717) is 24.5 Å². The Morgan fingerprint density at radius 3 is 2.81 bits per heavy atom. The molecule has 26 heavy (non-hydrogen) atoms. The minimum atomic E-state index is -0.168. The smallest absolute Gasteiger partial charge is 0.244 e. The van der Waals surface area contributed by atoms with E-state index in [1.807, 2.05) is 36.4 Å². The van der Waals surface area contributed by atoms with Crippen LogP contribution in [0.3, 0.4) is 0 Å². The van der Waals surface area contributed by atoms with Crippen molar-refractivity contribution in [3.63, 3.8) is 0 Å². The number of methoxy groups -OCH3 is 2. The zero-order valence-electron chi connectivity index (χ0n) is 14.8. The van der Waals surface area contributed by atoms with Crippen molar-refractivity contribution < 1.29 is 14.3 Å². The predicted molar refractivity (Wildman–Crippen MR) is 101 cm³/mol. The van der Waals surface area contributed by atoms with Crippen LogP contribution in [0.2, 0.25) is 0 Å². The number of hydrogen-bond donors (Lipinski definition) is 2. The number of hydrogen-bond acceptors (Lipinski definition) is 4. The second-order valence-corrected chi connectivity index (χ2v) is 5.68. The van der Waals surface area contributed by atoms with Gasteiger partial charge in [0.05, 0.1) is 25.3 Å². The van der Waals surface area contributed by atoms with Gasteiger partial charge in [-0.3, -0.25) is 4.79 Å². The van der Waals surface area contributed by atoms with Crippen molar-refractivity contribution in [2.75, 3.05) is 20.8 Å². The number of nitrogens with zero attached hydrogens (tertiary/aromatic N) is 1. The first-order chi connectivity index (χ1) is 12.7. The molecule has 0 unspecified atom stereocenters. The second kappa shape index (κ2) is 8.20. The summed E-state index contributed by atoms with van der Waals surface area (Å²) >= 11 is 0. The van der Waals surface area contributed by atoms with Gasteiger partial charge in [0.15, 0.2) is 0 Å². The van der Waals surface area contributed by atoms with Gasteiger partial charge in [0.25, 0.3) is 0 Å². The number of carbonyl (C=O) groups is 1. The summed E-state index contributed by atoms with van der Waals surface area (Å²) in [5.41, 5.74) is 2.74. The lowest BCUT2D eigenvalue weighted by Gasteiger charge is -2.07. The standard InChI is InChI=1S/C20H21N3O3/c1-25-15-9-7-14(18(13-15)26-2)8-10-20(24)21-12-11-19-22-16-5-3-4-6-17(16)23-19/h3-10,13H,11-12H2,1-2H3,(H,21,24)(H,22,23)/b10-8+. The maximum Gasteiger partial charge on any atom is 0.244 e. The molecule has 6 nitrogen and oxygen atoms in total. The van der Waals surface area contributed by atoms with Crippen LogP contribution in [0.5, 0.6) is 11.5 Å². The number of H-pyrrole nitrogens is 1. The second-order valence-electron chi connectivity index (χ2n) is 5.68. The van der Waals surface area contributed by atoms with Crippen LogP contribution >= 0.6 is 0 Å². The van der Waals surface area contributed by atoms with Crippen molar-refractivity contribution >= 4 is 23.0 Å². The highest BCUT2D eigenvalue weighted by Gasteiger charge is 2.04. The number of carbonyl (C=O) groups excluding carboxylic acids is 1. The molecule has 0 atom stereocenters. The number of para-hydroxylation sites is 2. The van der Waals surface area contributed by atoms with Crippen LogP contribution in [-0.4, -0.2) is 36.6 Å². The molecular formula is C20H21N3O3. The van der Waals surface area contributed by atoms with Crippen molar-refractivity contribution in [1.82, 2.24) is 15.3 Å². The van der Waals surface area contributed by atoms with Crippen LogP contribution in [0.4, 0.5) is 0 Å². The third-order valence-electron chi connectivity index (χ3n) is 3.95. The number of rotatable bonds is 7. The van der Waals surface area contributed by atoms with E-state index >= 15 is 0 Å². The number of fused-ring (bicyclic) bond motifs is 1. The number of amides is 1. The monoisotopic (exact) mass is 351 g/mol. The molecule has 0 bridgehead atoms. The quantitative estimate of drug-likeness (QED) is 0.642. The molecule has 0 saturated heterocycles. The number of aromatic amines is 1. The summed E-state index contributed by atoms with van der Waals surface area (Å²) in [5.74, 6) is 2.04. The Kier molecular flexibility index (Phi) is 5.53. The molecule has 2 aromatic carbocycles. The minimum absolute atomic E-state index is 0.168. The summed E-state index contributed by atoms with van der Waals surface area (Å²) in [5, 5.41) is 2.85. The molecule has 1 heterocycles. The largest absolute Gasteiger partial charge is 0.497 e. The normalized spacial score (nSPS) is 11.0. The summed E-state index contributed by atoms with van der Waals surface area (Å²) < 4.78 is 10.5. The van der Waals surface area contributed by atoms with Crippen LogP contribution in [-0.2, 0) is 11.2 Å². The third kappa shape index (κ3) is 4.22. The van der Waals surface area contributed by atoms with E-state index in [9.17, 15) is 4.79 Å². The van der Waals surface area contributed by atoms with Crippen LogP contribution in [0.15, 0.2) is 48.5 Å². The highest BCUT2D eigenvalue weighted by Crippen LogP contribution is 2.25. The van der Waals surface area contributed by atoms with Gasteiger partial charge in [-0.2, -0.15) is 0 Å². The highest BCUT2D eigenvalue weighted by molar-refractivity contribution is 5.92. The van der Waals surface area contributed by atoms with Gasteiger partial charge in [-0.1, -0.05) is 12.1 Å². The summed E-state index contributed by atoms with van der Waals surface area (Å²) in [6, 6.07) is 13.3. The van der Waals surface area contributed by atoms with Gasteiger partial charge in [0.2, 0.25) is 5.91 Å². The molecule has 0 aliphatic carbocycles. The van der Waals surface area contributed by atoms with E-state index < -0.39 is 0 Å². The fraction of sp³-hybridized carbons (Fsp3) is 0.200. The van der Waals surface area contributed by atoms with Crippen molar-refractivity contribution in [3.05, 3.63) is 59.9 Å². The van der Waals surface area contributed by atoms with Crippen molar-refractivity contribution in [1.29, 1.82) is 0 Å². The summed E-state index contributed by atoms with van der Waals surface area (Å²) in [7, 11) is 3.18. The van der Waals surface area contributed by atoms with Crippen LogP contribution < -0.4 is 14.8 Å². The van der Waals surface area contributed by atoms with Gasteiger partial charge in [0, 0.05) is 30.7 Å². The summed E-state index contributed by atoms with van der Waals surface area (Å²) in [6.45, 7) is 0.503. The molecule has 1 amide bonds. The van der Waals surface area contributed by atoms with Gasteiger partial charge in [-0.15, -0.1) is 0 Å². The lowest BCUT2D eigenvalue weighted by molar-refractivity contribution is -0.116. The zero-order chi connectivity index (χ0) is 18.4. The Labute approximate surface area is 151 Å². The van der Waals surface area contributed by atoms with E-state index in [1.165, 1.54) is 6.08 Å². The molecule has 1 aromatic heterocycles. The number of benzene rings is 2. The Morgan fingerprint density at radius 1 is 1.19 bits per heavy atom. The molecule has 3 aromatic rings. The zero-order valence-corrected chi connectivity index (χ0v) is 14.8. The molecule has 0 radical (unpaired) electrons. The number of imidazole rings is 1. The predicted octanol–water partition coefficient (Wildman–Crippen LogP) is 2.95. The lowest BCUT2D eigenvalue weighted by Crippen LogP contribution is -2.23. The van der Waals surface area contributed by atoms with Crippen LogP contribution in [0.25, 0.3) is 17.1 Å². The molecule has 3 rings (SSSR count). The highest BCUT2D eigenvalue weighted by atomic mass is 16.5. The van der Waals surface area contributed by atoms with Crippen LogP contribution in [0, 0.1) is 0 Å². The molecule has 2 N–H and O–H groups in total. The maximum atomic E-state index is 12.0. The number of aromatic nitrogens is 2. The van der Waals surface area contributed by atoms with Crippen molar-refractivity contribution in [2.45, 2.75) is 6.42 Å². The number of nitrogens with one attached hydrogen (secondary N) is 2. The van der Waals surface area contributed by atoms with E-state index in [1.54, 1.807) is 26.4 Å². The number of ether oxygens (including phenoxy) is 2. The summed E-state index contributed by atoms with van der Waals surface area (Å²) in [4.78, 5) is 19.7. The molecule has 0 spiro atoms. The molecule has 134 valence electrons. The molecular weight excluding hydrogens is 330 g/mol. The Balaban J connectivity index is 1.54. The average Bonchev–Trinajstić information content (AvgIpc) is 3.09. The molecule has 0 aliphatic heterocycles. The fourth-order valence-electron chi connectivity index (χ4n) is 2.61. The van der Waals surface area contributed by atoms with Gasteiger partial charge in [-0.05, 0) is 30.3 Å². The summed E-state index contributed by atoms with van der Waals surface area (Å²) in [6.07, 6.45) is 3.85. The molecule has 0 fully saturated rings. The Hall–Kier alpha value is -3.28. The van der Waals surface area contributed by atoms with E-state index in [0.717, 1.165) is 22.4 Å². The SMILES string of the molecule is COc1ccc(/C=C/C(=O)NCCc2nc3ccccc3[nH]2)c(OC)c1. The minimum Gasteiger partial charge on any atom is -0.497 e.